The van der Waals surface area contributed by atoms with Gasteiger partial charge in [0.1, 0.15) is 0 Å². The van der Waals surface area contributed by atoms with Crippen LogP contribution in [0.1, 0.15) is 6.92 Å². The summed E-state index contributed by atoms with van der Waals surface area (Å²) >= 11 is 12.6. The molecule has 0 spiro atoms. The van der Waals surface area contributed by atoms with E-state index in [-0.39, 0.29) is 5.91 Å². The van der Waals surface area contributed by atoms with Crippen LogP contribution in [0.4, 0.5) is 5.69 Å². The van der Waals surface area contributed by atoms with Crippen LogP contribution in [0, 0.1) is 0 Å². The number of nitrogens with one attached hydrogen (secondary N) is 1. The number of halogens is 2. The average Bonchev–Trinajstić information content (AvgIpc) is 3.11. The van der Waals surface area contributed by atoms with Crippen LogP contribution in [0.2, 0.25) is 10.0 Å². The molecule has 1 amide bonds. The molecular formula is C22H18Cl2N4O3. The van der Waals surface area contributed by atoms with Gasteiger partial charge in [-0.2, -0.15) is 0 Å². The number of carbonyl (C=O) groups excluding carboxylic acids is 1. The average molecular weight is 457 g/mol. The van der Waals surface area contributed by atoms with Crippen LogP contribution in [0.3, 0.4) is 0 Å². The Hall–Kier alpha value is -3.29. The highest BCUT2D eigenvalue weighted by atomic mass is 35.5. The van der Waals surface area contributed by atoms with Crippen molar-refractivity contribution in [2.24, 2.45) is 14.1 Å². The molecule has 2 aromatic heterocycles. The Morgan fingerprint density at radius 3 is 2.42 bits per heavy atom. The second kappa shape index (κ2) is 7.76. The van der Waals surface area contributed by atoms with E-state index in [1.54, 1.807) is 54.2 Å². The molecule has 0 aliphatic rings. The predicted molar refractivity (Wildman–Crippen MR) is 124 cm³/mol. The van der Waals surface area contributed by atoms with Gasteiger partial charge in [-0.15, -0.1) is 0 Å². The first-order valence-electron chi connectivity index (χ1n) is 9.33. The Kier molecular flexibility index (Phi) is 5.24. The molecule has 4 rings (SSSR count). The quantitative estimate of drug-likeness (QED) is 0.506. The summed E-state index contributed by atoms with van der Waals surface area (Å²) in [6.07, 6.45) is 1.71. The third kappa shape index (κ3) is 3.56. The molecule has 0 fully saturated rings. The molecule has 0 bridgehead atoms. The number of aromatic nitrogens is 3. The van der Waals surface area contributed by atoms with Crippen molar-refractivity contribution in [1.82, 2.24) is 13.7 Å². The van der Waals surface area contributed by atoms with Crippen molar-refractivity contribution < 1.29 is 4.79 Å². The fourth-order valence-electron chi connectivity index (χ4n) is 3.63. The molecular weight excluding hydrogens is 439 g/mol. The topological polar surface area (TPSA) is 78.0 Å². The lowest BCUT2D eigenvalue weighted by molar-refractivity contribution is -0.114. The molecule has 9 heteroatoms. The lowest BCUT2D eigenvalue weighted by Crippen LogP contribution is -2.36. The number of fused-ring (bicyclic) bond motifs is 1. The van der Waals surface area contributed by atoms with Crippen LogP contribution in [0.15, 0.2) is 58.3 Å². The smallest absolute Gasteiger partial charge is 0.326 e. The van der Waals surface area contributed by atoms with Crippen LogP contribution < -0.4 is 16.6 Å². The van der Waals surface area contributed by atoms with Gasteiger partial charge in [0.05, 0.1) is 21.6 Å². The molecule has 0 saturated carbocycles. The van der Waals surface area contributed by atoms with Gasteiger partial charge in [0, 0.05) is 49.2 Å². The summed E-state index contributed by atoms with van der Waals surface area (Å²) in [5, 5.41) is 3.92. The number of aryl methyl sites for hydroxylation is 1. The highest BCUT2D eigenvalue weighted by Gasteiger charge is 2.22. The summed E-state index contributed by atoms with van der Waals surface area (Å²) < 4.78 is 4.26. The van der Waals surface area contributed by atoms with Gasteiger partial charge >= 0.3 is 5.69 Å². The molecule has 4 aromatic rings. The molecule has 0 atom stereocenters. The van der Waals surface area contributed by atoms with Crippen molar-refractivity contribution in [2.45, 2.75) is 6.92 Å². The fraction of sp³-hybridized carbons (Fsp3) is 0.136. The molecule has 0 aliphatic heterocycles. The van der Waals surface area contributed by atoms with Gasteiger partial charge in [0.15, 0.2) is 0 Å². The second-order valence-electron chi connectivity index (χ2n) is 7.17. The Balaban J connectivity index is 2.15. The highest BCUT2D eigenvalue weighted by molar-refractivity contribution is 6.36. The number of carbonyl (C=O) groups is 1. The highest BCUT2D eigenvalue weighted by Crippen LogP contribution is 2.36. The van der Waals surface area contributed by atoms with E-state index in [1.165, 1.54) is 18.5 Å². The standard InChI is InChI=1S/C22H18Cl2N4O3/c1-12(29)25-14-5-4-6-15(10-14)28-11-18-19(21(30)27(3)22(31)26(18)2)20(28)16-8-7-13(23)9-17(16)24/h4-11H,1-3H3,(H,25,29). The number of rotatable bonds is 3. The first-order valence-corrected chi connectivity index (χ1v) is 10.1. The summed E-state index contributed by atoms with van der Waals surface area (Å²) in [6, 6.07) is 12.2. The van der Waals surface area contributed by atoms with Gasteiger partial charge in [-0.1, -0.05) is 29.3 Å². The van der Waals surface area contributed by atoms with E-state index < -0.39 is 11.2 Å². The Morgan fingerprint density at radius 2 is 1.74 bits per heavy atom. The summed E-state index contributed by atoms with van der Waals surface area (Å²) in [5.74, 6) is -0.202. The zero-order chi connectivity index (χ0) is 22.4. The molecule has 31 heavy (non-hydrogen) atoms. The summed E-state index contributed by atoms with van der Waals surface area (Å²) in [6.45, 7) is 1.43. The lowest BCUT2D eigenvalue weighted by atomic mass is 10.1. The van der Waals surface area contributed by atoms with Gasteiger partial charge in [-0.25, -0.2) is 4.79 Å². The van der Waals surface area contributed by atoms with Gasteiger partial charge in [-0.3, -0.25) is 18.7 Å². The molecule has 2 aromatic carbocycles. The third-order valence-electron chi connectivity index (χ3n) is 5.07. The number of benzene rings is 2. The van der Waals surface area contributed by atoms with E-state index in [2.05, 4.69) is 5.32 Å². The normalized spacial score (nSPS) is 11.1. The molecule has 1 N–H and O–H groups in total. The van der Waals surface area contributed by atoms with Gasteiger partial charge in [-0.05, 0) is 36.4 Å². The van der Waals surface area contributed by atoms with E-state index in [1.807, 2.05) is 6.07 Å². The number of nitrogens with zero attached hydrogens (tertiary/aromatic N) is 3. The Morgan fingerprint density at radius 1 is 1.00 bits per heavy atom. The zero-order valence-electron chi connectivity index (χ0n) is 16.9. The predicted octanol–water partition coefficient (Wildman–Crippen LogP) is 3.96. The Bertz CT molecular complexity index is 1480. The van der Waals surface area contributed by atoms with Crippen LogP contribution in [0.5, 0.6) is 0 Å². The van der Waals surface area contributed by atoms with Gasteiger partial charge in [0.2, 0.25) is 5.91 Å². The van der Waals surface area contributed by atoms with E-state index in [0.717, 1.165) is 4.57 Å². The molecule has 0 saturated heterocycles. The molecule has 158 valence electrons. The van der Waals surface area contributed by atoms with E-state index in [4.69, 9.17) is 23.2 Å². The summed E-state index contributed by atoms with van der Waals surface area (Å²) in [5.41, 5.74) is 1.97. The summed E-state index contributed by atoms with van der Waals surface area (Å²) in [4.78, 5) is 37.2. The third-order valence-corrected chi connectivity index (χ3v) is 5.62. The number of hydrogen-bond donors (Lipinski definition) is 1. The number of hydrogen-bond acceptors (Lipinski definition) is 3. The minimum absolute atomic E-state index is 0.202. The molecule has 2 heterocycles. The van der Waals surface area contributed by atoms with Crippen molar-refractivity contribution >= 4 is 45.7 Å². The van der Waals surface area contributed by atoms with Crippen molar-refractivity contribution in [3.63, 3.8) is 0 Å². The number of amides is 1. The van der Waals surface area contributed by atoms with E-state index >= 15 is 0 Å². The molecule has 7 nitrogen and oxygen atoms in total. The zero-order valence-corrected chi connectivity index (χ0v) is 18.5. The first-order chi connectivity index (χ1) is 14.7. The number of anilines is 1. The van der Waals surface area contributed by atoms with Crippen LogP contribution in [-0.4, -0.2) is 19.6 Å². The summed E-state index contributed by atoms with van der Waals surface area (Å²) in [7, 11) is 3.04. The van der Waals surface area contributed by atoms with E-state index in [0.29, 0.717) is 43.6 Å². The van der Waals surface area contributed by atoms with Crippen molar-refractivity contribution in [3.05, 3.63) is 79.5 Å². The van der Waals surface area contributed by atoms with Crippen molar-refractivity contribution in [2.75, 3.05) is 5.32 Å². The second-order valence-corrected chi connectivity index (χ2v) is 8.01. The maximum Gasteiger partial charge on any atom is 0.330 e. The van der Waals surface area contributed by atoms with Crippen LogP contribution >= 0.6 is 23.2 Å². The SMILES string of the molecule is CC(=O)Nc1cccc(-n2cc3c(c2-c2ccc(Cl)cc2Cl)c(=O)n(C)c(=O)n3C)c1. The monoisotopic (exact) mass is 456 g/mol. The first kappa shape index (κ1) is 21.0. The maximum atomic E-state index is 13.1. The molecule has 0 aliphatic carbocycles. The lowest BCUT2D eigenvalue weighted by Gasteiger charge is -2.13. The van der Waals surface area contributed by atoms with Crippen molar-refractivity contribution in [1.29, 1.82) is 0 Å². The minimum Gasteiger partial charge on any atom is -0.326 e. The van der Waals surface area contributed by atoms with Gasteiger partial charge in [0.25, 0.3) is 5.56 Å². The maximum absolute atomic E-state index is 13.1. The fourth-order valence-corrected chi connectivity index (χ4v) is 4.13. The van der Waals surface area contributed by atoms with Gasteiger partial charge < -0.3 is 9.88 Å². The molecule has 0 unspecified atom stereocenters. The van der Waals surface area contributed by atoms with Crippen LogP contribution in [0.25, 0.3) is 27.8 Å². The van der Waals surface area contributed by atoms with E-state index in [9.17, 15) is 14.4 Å². The van der Waals surface area contributed by atoms with Crippen molar-refractivity contribution in [3.8, 4) is 16.9 Å². The minimum atomic E-state index is -0.435. The Labute approximate surface area is 187 Å². The molecule has 0 radical (unpaired) electrons. The largest absolute Gasteiger partial charge is 0.330 e. The van der Waals surface area contributed by atoms with Crippen LogP contribution in [-0.2, 0) is 18.9 Å².